The third-order valence-electron chi connectivity index (χ3n) is 6.97. The lowest BCUT2D eigenvalue weighted by molar-refractivity contribution is -0.139. The summed E-state index contributed by atoms with van der Waals surface area (Å²) in [5, 5.41) is 10.1. The fraction of sp³-hybridized carbons (Fsp3) is 0.345. The van der Waals surface area contributed by atoms with Crippen molar-refractivity contribution >= 4 is 17.6 Å². The zero-order valence-corrected chi connectivity index (χ0v) is 21.3. The minimum absolute atomic E-state index is 0.000440. The van der Waals surface area contributed by atoms with Crippen LogP contribution >= 0.6 is 0 Å². The molecule has 1 fully saturated rings. The smallest absolute Gasteiger partial charge is 0.355 e. The van der Waals surface area contributed by atoms with Crippen LogP contribution in [-0.2, 0) is 25.5 Å². The Bertz CT molecular complexity index is 1240. The Morgan fingerprint density at radius 3 is 2.22 bits per heavy atom. The highest BCUT2D eigenvalue weighted by atomic mass is 16.5. The first-order valence-electron chi connectivity index (χ1n) is 12.5. The Morgan fingerprint density at radius 1 is 0.973 bits per heavy atom. The average Bonchev–Trinajstić information content (AvgIpc) is 2.95. The van der Waals surface area contributed by atoms with Crippen molar-refractivity contribution in [2.75, 3.05) is 38.8 Å². The van der Waals surface area contributed by atoms with Crippen LogP contribution in [0.4, 0.5) is 5.69 Å². The number of piperidine rings is 1. The van der Waals surface area contributed by atoms with Crippen LogP contribution in [0.3, 0.4) is 0 Å². The van der Waals surface area contributed by atoms with Crippen molar-refractivity contribution in [2.45, 2.75) is 31.6 Å². The number of carbonyl (C=O) groups is 2. The molecule has 1 saturated heterocycles. The van der Waals surface area contributed by atoms with E-state index in [-0.39, 0.29) is 22.7 Å². The predicted molar refractivity (Wildman–Crippen MR) is 140 cm³/mol. The fourth-order valence-corrected chi connectivity index (χ4v) is 5.06. The standard InChI is InChI=1S/C29H32N4O4/c1-36-28(34)25-24(21-9-5-3-6-10-21)23(19-30)27(31)33(26(25)29(35)37-2)22-13-11-20(12-14-22)15-18-32-16-7-4-8-17-32/h3,5-6,9-14,24H,4,7-8,15-18,31H2,1-2H3. The maximum absolute atomic E-state index is 13.1. The van der Waals surface area contributed by atoms with E-state index in [0.29, 0.717) is 11.3 Å². The van der Waals surface area contributed by atoms with Gasteiger partial charge >= 0.3 is 11.9 Å². The van der Waals surface area contributed by atoms with Crippen LogP contribution in [0.2, 0.25) is 0 Å². The number of hydrogen-bond donors (Lipinski definition) is 1. The summed E-state index contributed by atoms with van der Waals surface area (Å²) in [5.41, 5.74) is 8.96. The molecule has 2 heterocycles. The first-order valence-corrected chi connectivity index (χ1v) is 12.5. The highest BCUT2D eigenvalue weighted by Crippen LogP contribution is 2.43. The molecular formula is C29H32N4O4. The van der Waals surface area contributed by atoms with Gasteiger partial charge in [0.1, 0.15) is 11.5 Å². The lowest BCUT2D eigenvalue weighted by Crippen LogP contribution is -2.40. The van der Waals surface area contributed by atoms with E-state index in [4.69, 9.17) is 15.2 Å². The number of rotatable bonds is 7. The summed E-state index contributed by atoms with van der Waals surface area (Å²) in [7, 11) is 2.48. The van der Waals surface area contributed by atoms with Crippen LogP contribution in [-0.4, -0.2) is 50.7 Å². The molecule has 8 heteroatoms. The number of hydrogen-bond acceptors (Lipinski definition) is 8. The Balaban J connectivity index is 1.77. The van der Waals surface area contributed by atoms with E-state index in [2.05, 4.69) is 11.0 Å². The Morgan fingerprint density at radius 2 is 1.62 bits per heavy atom. The van der Waals surface area contributed by atoms with Gasteiger partial charge in [-0.1, -0.05) is 48.9 Å². The largest absolute Gasteiger partial charge is 0.466 e. The minimum Gasteiger partial charge on any atom is -0.466 e. The van der Waals surface area contributed by atoms with Gasteiger partial charge in [-0.2, -0.15) is 5.26 Å². The Kier molecular flexibility index (Phi) is 8.26. The van der Waals surface area contributed by atoms with E-state index in [1.165, 1.54) is 38.4 Å². The second kappa shape index (κ2) is 11.8. The average molecular weight is 501 g/mol. The van der Waals surface area contributed by atoms with Crippen LogP contribution in [0.25, 0.3) is 0 Å². The molecule has 2 aromatic carbocycles. The van der Waals surface area contributed by atoms with Crippen molar-refractivity contribution in [3.8, 4) is 6.07 Å². The number of nitrogens with two attached hydrogens (primary N) is 1. The van der Waals surface area contributed by atoms with Crippen LogP contribution < -0.4 is 10.6 Å². The number of nitriles is 1. The zero-order valence-electron chi connectivity index (χ0n) is 21.3. The third kappa shape index (κ3) is 5.37. The van der Waals surface area contributed by atoms with Gasteiger partial charge < -0.3 is 20.1 Å². The van der Waals surface area contributed by atoms with Gasteiger partial charge in [-0.3, -0.25) is 4.90 Å². The number of likely N-dealkylation sites (tertiary alicyclic amines) is 1. The SMILES string of the molecule is COC(=O)C1=C(C(=O)OC)N(c2ccc(CCN3CCCCC3)cc2)C(N)=C(C#N)C1c1ccccc1. The number of methoxy groups -OCH3 is 2. The molecule has 0 aliphatic carbocycles. The summed E-state index contributed by atoms with van der Waals surface area (Å²) < 4.78 is 10.2. The maximum atomic E-state index is 13.1. The van der Waals surface area contributed by atoms with E-state index in [1.807, 2.05) is 30.3 Å². The van der Waals surface area contributed by atoms with Crippen LogP contribution in [0.1, 0.15) is 36.3 Å². The molecule has 0 saturated carbocycles. The molecule has 2 N–H and O–H groups in total. The van der Waals surface area contributed by atoms with E-state index in [1.54, 1.807) is 24.3 Å². The molecule has 0 radical (unpaired) electrons. The summed E-state index contributed by atoms with van der Waals surface area (Å²) in [6.07, 6.45) is 4.69. The summed E-state index contributed by atoms with van der Waals surface area (Å²) in [5.74, 6) is -2.31. The van der Waals surface area contributed by atoms with Crippen molar-refractivity contribution in [2.24, 2.45) is 5.73 Å². The van der Waals surface area contributed by atoms with E-state index in [0.717, 1.165) is 31.6 Å². The number of ether oxygens (including phenoxy) is 2. The van der Waals surface area contributed by atoms with Crippen LogP contribution in [0.15, 0.2) is 77.3 Å². The molecule has 1 unspecified atom stereocenters. The van der Waals surface area contributed by atoms with Gasteiger partial charge in [-0.15, -0.1) is 0 Å². The summed E-state index contributed by atoms with van der Waals surface area (Å²) in [6.45, 7) is 3.26. The molecule has 4 rings (SSSR count). The van der Waals surface area contributed by atoms with Crippen LogP contribution in [0.5, 0.6) is 0 Å². The van der Waals surface area contributed by atoms with Crippen molar-refractivity contribution in [1.82, 2.24) is 4.90 Å². The highest BCUT2D eigenvalue weighted by Gasteiger charge is 2.42. The number of allylic oxidation sites excluding steroid dienone is 1. The van der Waals surface area contributed by atoms with Gasteiger partial charge in [0.2, 0.25) is 0 Å². The highest BCUT2D eigenvalue weighted by molar-refractivity contribution is 6.06. The topological polar surface area (TPSA) is 109 Å². The molecular weight excluding hydrogens is 468 g/mol. The maximum Gasteiger partial charge on any atom is 0.355 e. The van der Waals surface area contributed by atoms with Gasteiger partial charge in [-0.25, -0.2) is 9.59 Å². The van der Waals surface area contributed by atoms with Crippen molar-refractivity contribution in [3.63, 3.8) is 0 Å². The van der Waals surface area contributed by atoms with Gasteiger partial charge in [0, 0.05) is 12.2 Å². The second-order valence-corrected chi connectivity index (χ2v) is 9.15. The van der Waals surface area contributed by atoms with Gasteiger partial charge in [-0.05, 0) is 55.6 Å². The predicted octanol–water partition coefficient (Wildman–Crippen LogP) is 3.61. The molecule has 37 heavy (non-hydrogen) atoms. The van der Waals surface area contributed by atoms with E-state index < -0.39 is 17.9 Å². The fourth-order valence-electron chi connectivity index (χ4n) is 5.06. The quantitative estimate of drug-likeness (QED) is 0.575. The number of anilines is 1. The normalized spacial score (nSPS) is 18.4. The zero-order chi connectivity index (χ0) is 26.4. The Hall–Kier alpha value is -4.09. The number of nitrogens with zero attached hydrogens (tertiary/aromatic N) is 3. The third-order valence-corrected chi connectivity index (χ3v) is 6.97. The van der Waals surface area contributed by atoms with Gasteiger partial charge in [0.05, 0.1) is 37.4 Å². The molecule has 2 aliphatic heterocycles. The van der Waals surface area contributed by atoms with E-state index in [9.17, 15) is 14.9 Å². The van der Waals surface area contributed by atoms with Crippen molar-refractivity contribution in [1.29, 1.82) is 5.26 Å². The van der Waals surface area contributed by atoms with Gasteiger partial charge in [0.15, 0.2) is 0 Å². The molecule has 192 valence electrons. The second-order valence-electron chi connectivity index (χ2n) is 9.15. The molecule has 1 atom stereocenters. The molecule has 0 amide bonds. The lowest BCUT2D eigenvalue weighted by Gasteiger charge is -2.36. The lowest BCUT2D eigenvalue weighted by atomic mass is 9.81. The summed E-state index contributed by atoms with van der Waals surface area (Å²) in [4.78, 5) is 30.2. The van der Waals surface area contributed by atoms with E-state index >= 15 is 0 Å². The number of esters is 2. The number of benzene rings is 2. The number of carbonyl (C=O) groups excluding carboxylic acids is 2. The molecule has 0 bridgehead atoms. The molecule has 8 nitrogen and oxygen atoms in total. The molecule has 2 aliphatic rings. The van der Waals surface area contributed by atoms with Crippen molar-refractivity contribution in [3.05, 3.63) is 88.4 Å². The first-order chi connectivity index (χ1) is 18.0. The van der Waals surface area contributed by atoms with Crippen LogP contribution in [0, 0.1) is 11.3 Å². The molecule has 0 spiro atoms. The first kappa shape index (κ1) is 26.0. The molecule has 2 aromatic rings. The Labute approximate surface area is 217 Å². The minimum atomic E-state index is -0.882. The molecule has 0 aromatic heterocycles. The summed E-state index contributed by atoms with van der Waals surface area (Å²) >= 11 is 0. The van der Waals surface area contributed by atoms with Crippen molar-refractivity contribution < 1.29 is 19.1 Å². The summed E-state index contributed by atoms with van der Waals surface area (Å²) in [6, 6.07) is 18.8. The van der Waals surface area contributed by atoms with Gasteiger partial charge in [0.25, 0.3) is 0 Å². The monoisotopic (exact) mass is 500 g/mol.